The van der Waals surface area contributed by atoms with Crippen molar-refractivity contribution in [3.63, 3.8) is 0 Å². The Morgan fingerprint density at radius 3 is 2.56 bits per heavy atom. The monoisotopic (exact) mass is 264 g/mol. The SMILES string of the molecule is COC(CN)C(=O)Nc1c(Cl)ncnc1Cl. The third kappa shape index (κ3) is 3.02. The van der Waals surface area contributed by atoms with Crippen LogP contribution in [0.25, 0.3) is 0 Å². The van der Waals surface area contributed by atoms with Crippen molar-refractivity contribution in [2.45, 2.75) is 6.10 Å². The Morgan fingerprint density at radius 2 is 2.12 bits per heavy atom. The number of anilines is 1. The van der Waals surface area contributed by atoms with E-state index in [0.717, 1.165) is 0 Å². The number of hydrogen-bond donors (Lipinski definition) is 2. The number of halogens is 2. The van der Waals surface area contributed by atoms with Gasteiger partial charge >= 0.3 is 0 Å². The molecule has 0 radical (unpaired) electrons. The van der Waals surface area contributed by atoms with Gasteiger partial charge < -0.3 is 15.8 Å². The van der Waals surface area contributed by atoms with Crippen LogP contribution in [0, 0.1) is 0 Å². The summed E-state index contributed by atoms with van der Waals surface area (Å²) >= 11 is 11.5. The fraction of sp³-hybridized carbons (Fsp3) is 0.375. The zero-order chi connectivity index (χ0) is 12.1. The van der Waals surface area contributed by atoms with E-state index in [1.165, 1.54) is 13.4 Å². The highest BCUT2D eigenvalue weighted by molar-refractivity contribution is 6.38. The second-order valence-corrected chi connectivity index (χ2v) is 3.50. The molecule has 1 atom stereocenters. The molecule has 1 aromatic rings. The van der Waals surface area contributed by atoms with Crippen LogP contribution >= 0.6 is 23.2 Å². The summed E-state index contributed by atoms with van der Waals surface area (Å²) in [6.45, 7) is 0.0469. The van der Waals surface area contributed by atoms with E-state index in [2.05, 4.69) is 15.3 Å². The molecule has 1 aromatic heterocycles. The number of carbonyl (C=O) groups excluding carboxylic acids is 1. The van der Waals surface area contributed by atoms with Gasteiger partial charge in [-0.05, 0) is 0 Å². The fourth-order valence-electron chi connectivity index (χ4n) is 0.962. The Morgan fingerprint density at radius 1 is 1.56 bits per heavy atom. The molecule has 0 bridgehead atoms. The Hall–Kier alpha value is -0.950. The summed E-state index contributed by atoms with van der Waals surface area (Å²) in [4.78, 5) is 19.0. The Kier molecular flexibility index (Phi) is 4.88. The quantitative estimate of drug-likeness (QED) is 0.782. The van der Waals surface area contributed by atoms with E-state index in [1.807, 2.05) is 0 Å². The first-order valence-corrected chi connectivity index (χ1v) is 5.05. The van der Waals surface area contributed by atoms with E-state index in [9.17, 15) is 4.79 Å². The van der Waals surface area contributed by atoms with Gasteiger partial charge in [0.25, 0.3) is 5.91 Å². The summed E-state index contributed by atoms with van der Waals surface area (Å²) in [5, 5.41) is 2.56. The minimum Gasteiger partial charge on any atom is -0.370 e. The second kappa shape index (κ2) is 5.95. The predicted molar refractivity (Wildman–Crippen MR) is 60.5 cm³/mol. The van der Waals surface area contributed by atoms with Gasteiger partial charge in [0.05, 0.1) is 0 Å². The number of carbonyl (C=O) groups is 1. The highest BCUT2D eigenvalue weighted by Gasteiger charge is 2.19. The lowest BCUT2D eigenvalue weighted by Crippen LogP contribution is -2.36. The maximum Gasteiger partial charge on any atom is 0.254 e. The number of aromatic nitrogens is 2. The summed E-state index contributed by atoms with van der Waals surface area (Å²) in [5.74, 6) is -0.455. The topological polar surface area (TPSA) is 90.1 Å². The minimum absolute atomic E-state index is 0.0469. The van der Waals surface area contributed by atoms with Gasteiger partial charge in [-0.2, -0.15) is 0 Å². The zero-order valence-electron chi connectivity index (χ0n) is 8.41. The lowest BCUT2D eigenvalue weighted by Gasteiger charge is -2.13. The molecular weight excluding hydrogens is 255 g/mol. The third-order valence-corrected chi connectivity index (χ3v) is 2.37. The van der Waals surface area contributed by atoms with Gasteiger partial charge in [-0.3, -0.25) is 4.79 Å². The zero-order valence-corrected chi connectivity index (χ0v) is 9.92. The van der Waals surface area contributed by atoms with Crippen LogP contribution < -0.4 is 11.1 Å². The molecule has 6 nitrogen and oxygen atoms in total. The molecule has 0 saturated carbocycles. The Bertz CT molecular complexity index is 364. The van der Waals surface area contributed by atoms with Crippen LogP contribution in [0.2, 0.25) is 10.3 Å². The second-order valence-electron chi connectivity index (χ2n) is 2.78. The van der Waals surface area contributed by atoms with Crippen molar-refractivity contribution in [2.75, 3.05) is 19.0 Å². The van der Waals surface area contributed by atoms with Crippen LogP contribution in [-0.2, 0) is 9.53 Å². The fourth-order valence-corrected chi connectivity index (χ4v) is 1.37. The van der Waals surface area contributed by atoms with Crippen LogP contribution in [0.1, 0.15) is 0 Å². The van der Waals surface area contributed by atoms with Crippen molar-refractivity contribution >= 4 is 34.8 Å². The molecule has 0 aliphatic heterocycles. The largest absolute Gasteiger partial charge is 0.370 e. The van der Waals surface area contributed by atoms with E-state index < -0.39 is 12.0 Å². The Balaban J connectivity index is 2.84. The average molecular weight is 265 g/mol. The number of amides is 1. The van der Waals surface area contributed by atoms with Crippen molar-refractivity contribution in [1.82, 2.24) is 9.97 Å². The molecular formula is C8H10Cl2N4O2. The predicted octanol–water partition coefficient (Wildman–Crippen LogP) is 0.696. The smallest absolute Gasteiger partial charge is 0.254 e. The lowest BCUT2D eigenvalue weighted by atomic mass is 10.3. The van der Waals surface area contributed by atoms with E-state index in [4.69, 9.17) is 33.7 Å². The number of nitrogens with one attached hydrogen (secondary N) is 1. The number of nitrogens with zero attached hydrogens (tertiary/aromatic N) is 2. The molecule has 1 unspecified atom stereocenters. The highest BCUT2D eigenvalue weighted by Crippen LogP contribution is 2.25. The normalized spacial score (nSPS) is 12.2. The number of ether oxygens (including phenoxy) is 1. The van der Waals surface area contributed by atoms with Gasteiger partial charge in [0, 0.05) is 13.7 Å². The highest BCUT2D eigenvalue weighted by atomic mass is 35.5. The van der Waals surface area contributed by atoms with Crippen molar-refractivity contribution in [1.29, 1.82) is 0 Å². The molecule has 0 spiro atoms. The number of hydrogen-bond acceptors (Lipinski definition) is 5. The summed E-state index contributed by atoms with van der Waals surface area (Å²) in [5.41, 5.74) is 5.48. The van der Waals surface area contributed by atoms with Gasteiger partial charge in [-0.25, -0.2) is 9.97 Å². The summed E-state index contributed by atoms with van der Waals surface area (Å²) in [6.07, 6.45) is 0.421. The van der Waals surface area contributed by atoms with Crippen molar-refractivity contribution in [3.8, 4) is 0 Å². The first-order chi connectivity index (χ1) is 7.60. The van der Waals surface area contributed by atoms with Gasteiger partial charge in [0.2, 0.25) is 0 Å². The summed E-state index contributed by atoms with van der Waals surface area (Å²) in [7, 11) is 1.38. The van der Waals surface area contributed by atoms with Gasteiger partial charge in [-0.15, -0.1) is 0 Å². The van der Waals surface area contributed by atoms with E-state index in [1.54, 1.807) is 0 Å². The van der Waals surface area contributed by atoms with Gasteiger partial charge in [0.1, 0.15) is 18.1 Å². The van der Waals surface area contributed by atoms with E-state index in [0.29, 0.717) is 0 Å². The number of methoxy groups -OCH3 is 1. The van der Waals surface area contributed by atoms with Crippen LogP contribution in [-0.4, -0.2) is 35.6 Å². The van der Waals surface area contributed by atoms with Crippen LogP contribution in [0.3, 0.4) is 0 Å². The number of rotatable bonds is 4. The van der Waals surface area contributed by atoms with E-state index in [-0.39, 0.29) is 22.5 Å². The molecule has 0 fully saturated rings. The third-order valence-electron chi connectivity index (χ3n) is 1.79. The van der Waals surface area contributed by atoms with Crippen molar-refractivity contribution < 1.29 is 9.53 Å². The maximum absolute atomic E-state index is 11.6. The number of nitrogens with two attached hydrogens (primary N) is 1. The van der Waals surface area contributed by atoms with Crippen LogP contribution in [0.4, 0.5) is 5.69 Å². The minimum atomic E-state index is -0.771. The first kappa shape index (κ1) is 13.1. The van der Waals surface area contributed by atoms with Gasteiger partial charge in [0.15, 0.2) is 10.3 Å². The van der Waals surface area contributed by atoms with E-state index >= 15 is 0 Å². The summed E-state index contributed by atoms with van der Waals surface area (Å²) in [6, 6.07) is 0. The molecule has 1 amide bonds. The molecule has 1 heterocycles. The Labute approximate surface area is 102 Å². The molecule has 0 aromatic carbocycles. The molecule has 8 heteroatoms. The molecule has 16 heavy (non-hydrogen) atoms. The van der Waals surface area contributed by atoms with Crippen molar-refractivity contribution in [2.24, 2.45) is 5.73 Å². The molecule has 3 N–H and O–H groups in total. The molecule has 88 valence electrons. The van der Waals surface area contributed by atoms with Gasteiger partial charge in [-0.1, -0.05) is 23.2 Å². The first-order valence-electron chi connectivity index (χ1n) is 4.29. The van der Waals surface area contributed by atoms with Crippen LogP contribution in [0.15, 0.2) is 6.33 Å². The maximum atomic E-state index is 11.6. The van der Waals surface area contributed by atoms with Crippen LogP contribution in [0.5, 0.6) is 0 Å². The standard InChI is InChI=1S/C8H10Cl2N4O2/c1-16-4(2-11)8(15)14-5-6(9)12-3-13-7(5)10/h3-4H,2,11H2,1H3,(H,14,15). The lowest BCUT2D eigenvalue weighted by molar-refractivity contribution is -0.125. The average Bonchev–Trinajstić information content (AvgIpc) is 2.25. The van der Waals surface area contributed by atoms with Crippen molar-refractivity contribution in [3.05, 3.63) is 16.6 Å². The summed E-state index contributed by atoms with van der Waals surface area (Å²) < 4.78 is 4.85. The molecule has 0 aliphatic carbocycles. The molecule has 0 aliphatic rings. The molecule has 1 rings (SSSR count). The molecule has 0 saturated heterocycles.